The molecule has 0 aromatic carbocycles. The Kier molecular flexibility index (Phi) is 5.65. The minimum absolute atomic E-state index is 0.635. The number of nitrogens with zero attached hydrogens (tertiary/aromatic N) is 1. The van der Waals surface area contributed by atoms with E-state index in [1.807, 2.05) is 11.3 Å². The zero-order valence-corrected chi connectivity index (χ0v) is 14.5. The molecular formula is C17H30N2S. The van der Waals surface area contributed by atoms with E-state index in [1.165, 1.54) is 16.3 Å². The van der Waals surface area contributed by atoms with Crippen LogP contribution in [0.3, 0.4) is 0 Å². The smallest absolute Gasteiger partial charge is 0.0332 e. The van der Waals surface area contributed by atoms with Crippen LogP contribution in [-0.4, -0.2) is 30.1 Å². The Bertz CT molecular complexity index is 411. The lowest BCUT2D eigenvalue weighted by molar-refractivity contribution is 0.0793. The lowest BCUT2D eigenvalue weighted by atomic mass is 9.94. The first-order valence-corrected chi connectivity index (χ1v) is 8.88. The molecule has 2 atom stereocenters. The van der Waals surface area contributed by atoms with E-state index in [0.717, 1.165) is 19.5 Å². The molecule has 2 heterocycles. The van der Waals surface area contributed by atoms with Gasteiger partial charge in [0.15, 0.2) is 0 Å². The lowest BCUT2D eigenvalue weighted by Gasteiger charge is -2.43. The third-order valence-corrected chi connectivity index (χ3v) is 5.70. The number of hydrogen-bond donors (Lipinski definition) is 1. The van der Waals surface area contributed by atoms with Crippen LogP contribution < -0.4 is 5.32 Å². The molecule has 1 aromatic rings. The van der Waals surface area contributed by atoms with E-state index in [2.05, 4.69) is 57.0 Å². The maximum atomic E-state index is 3.74. The molecule has 114 valence electrons. The molecule has 0 radical (unpaired) electrons. The molecule has 0 saturated carbocycles. The summed E-state index contributed by atoms with van der Waals surface area (Å²) in [4.78, 5) is 5.74. The Morgan fingerprint density at radius 2 is 1.90 bits per heavy atom. The minimum Gasteiger partial charge on any atom is -0.311 e. The standard InChI is InChI=1S/C17H30N2S/c1-6-14-7-8-15(20-14)10-19-11-16(12(2)3)18-9-17(19)13(4)5/h7-8,12-13,16-18H,6,9-11H2,1-5H3. The first kappa shape index (κ1) is 16.0. The van der Waals surface area contributed by atoms with Crippen molar-refractivity contribution < 1.29 is 0 Å². The van der Waals surface area contributed by atoms with Crippen LogP contribution in [-0.2, 0) is 13.0 Å². The van der Waals surface area contributed by atoms with Gasteiger partial charge in [0, 0.05) is 41.5 Å². The molecule has 1 fully saturated rings. The Morgan fingerprint density at radius 3 is 2.45 bits per heavy atom. The zero-order chi connectivity index (χ0) is 14.7. The first-order valence-electron chi connectivity index (χ1n) is 8.06. The SMILES string of the molecule is CCc1ccc(CN2CC(C(C)C)NCC2C(C)C)s1. The molecular weight excluding hydrogens is 264 g/mol. The summed E-state index contributed by atoms with van der Waals surface area (Å²) in [6.07, 6.45) is 1.16. The van der Waals surface area contributed by atoms with Gasteiger partial charge in [-0.25, -0.2) is 0 Å². The number of hydrogen-bond acceptors (Lipinski definition) is 3. The quantitative estimate of drug-likeness (QED) is 0.889. The molecule has 2 nitrogen and oxygen atoms in total. The second-order valence-electron chi connectivity index (χ2n) is 6.72. The van der Waals surface area contributed by atoms with Crippen LogP contribution in [0.5, 0.6) is 0 Å². The van der Waals surface area contributed by atoms with E-state index >= 15 is 0 Å². The van der Waals surface area contributed by atoms with Crippen LogP contribution in [0.25, 0.3) is 0 Å². The summed E-state index contributed by atoms with van der Waals surface area (Å²) in [5.74, 6) is 1.42. The van der Waals surface area contributed by atoms with E-state index in [0.29, 0.717) is 23.9 Å². The van der Waals surface area contributed by atoms with Crippen LogP contribution >= 0.6 is 11.3 Å². The Balaban J connectivity index is 2.06. The van der Waals surface area contributed by atoms with Gasteiger partial charge in [-0.05, 0) is 30.4 Å². The molecule has 2 unspecified atom stereocenters. The summed E-state index contributed by atoms with van der Waals surface area (Å²) < 4.78 is 0. The van der Waals surface area contributed by atoms with E-state index in [-0.39, 0.29) is 0 Å². The highest BCUT2D eigenvalue weighted by Gasteiger charge is 2.31. The molecule has 0 amide bonds. The largest absolute Gasteiger partial charge is 0.311 e. The van der Waals surface area contributed by atoms with Gasteiger partial charge in [0.1, 0.15) is 0 Å². The Hall–Kier alpha value is -0.380. The number of nitrogens with one attached hydrogen (secondary N) is 1. The fourth-order valence-corrected chi connectivity index (χ4v) is 4.02. The van der Waals surface area contributed by atoms with E-state index in [1.54, 1.807) is 0 Å². The second-order valence-corrected chi connectivity index (χ2v) is 7.97. The van der Waals surface area contributed by atoms with Crippen LogP contribution in [0.4, 0.5) is 0 Å². The van der Waals surface area contributed by atoms with Crippen molar-refractivity contribution in [2.45, 2.75) is 59.7 Å². The summed E-state index contributed by atoms with van der Waals surface area (Å²) in [5, 5.41) is 3.74. The summed E-state index contributed by atoms with van der Waals surface area (Å²) in [6, 6.07) is 5.92. The molecule has 1 aliphatic heterocycles. The number of piperazine rings is 1. The van der Waals surface area contributed by atoms with E-state index in [4.69, 9.17) is 0 Å². The first-order chi connectivity index (χ1) is 9.51. The van der Waals surface area contributed by atoms with Crippen LogP contribution in [0.15, 0.2) is 12.1 Å². The molecule has 1 N–H and O–H groups in total. The third kappa shape index (κ3) is 3.84. The highest BCUT2D eigenvalue weighted by atomic mass is 32.1. The topological polar surface area (TPSA) is 15.3 Å². The molecule has 20 heavy (non-hydrogen) atoms. The summed E-state index contributed by atoms with van der Waals surface area (Å²) >= 11 is 1.99. The van der Waals surface area contributed by atoms with Gasteiger partial charge in [-0.3, -0.25) is 4.90 Å². The van der Waals surface area contributed by atoms with Crippen molar-refractivity contribution in [1.82, 2.24) is 10.2 Å². The van der Waals surface area contributed by atoms with Crippen molar-refractivity contribution in [2.24, 2.45) is 11.8 Å². The highest BCUT2D eigenvalue weighted by Crippen LogP contribution is 2.24. The van der Waals surface area contributed by atoms with Gasteiger partial charge < -0.3 is 5.32 Å². The van der Waals surface area contributed by atoms with Crippen LogP contribution in [0.2, 0.25) is 0 Å². The molecule has 0 spiro atoms. The predicted molar refractivity (Wildman–Crippen MR) is 89.4 cm³/mol. The average Bonchev–Trinajstić information content (AvgIpc) is 2.86. The molecule has 3 heteroatoms. The minimum atomic E-state index is 0.635. The molecule has 0 bridgehead atoms. The van der Waals surface area contributed by atoms with E-state index < -0.39 is 0 Å². The van der Waals surface area contributed by atoms with Gasteiger partial charge in [0.25, 0.3) is 0 Å². The summed E-state index contributed by atoms with van der Waals surface area (Å²) in [5.41, 5.74) is 0. The van der Waals surface area contributed by atoms with Gasteiger partial charge >= 0.3 is 0 Å². The molecule has 0 aliphatic carbocycles. The normalized spacial score (nSPS) is 24.8. The summed E-state index contributed by atoms with van der Waals surface area (Å²) in [6.45, 7) is 15.0. The van der Waals surface area contributed by atoms with Gasteiger partial charge in [0.2, 0.25) is 0 Å². The monoisotopic (exact) mass is 294 g/mol. The zero-order valence-electron chi connectivity index (χ0n) is 13.6. The lowest BCUT2D eigenvalue weighted by Crippen LogP contribution is -2.59. The van der Waals surface area contributed by atoms with Gasteiger partial charge in [-0.15, -0.1) is 11.3 Å². The number of rotatable bonds is 5. The van der Waals surface area contributed by atoms with Crippen LogP contribution in [0.1, 0.15) is 44.4 Å². The van der Waals surface area contributed by atoms with Crippen molar-refractivity contribution in [1.29, 1.82) is 0 Å². The Labute approximate surface area is 128 Å². The maximum absolute atomic E-state index is 3.74. The fraction of sp³-hybridized carbons (Fsp3) is 0.765. The molecule has 1 aliphatic rings. The second kappa shape index (κ2) is 7.06. The van der Waals surface area contributed by atoms with Crippen molar-refractivity contribution >= 4 is 11.3 Å². The van der Waals surface area contributed by atoms with Gasteiger partial charge in [-0.1, -0.05) is 34.6 Å². The summed E-state index contributed by atoms with van der Waals surface area (Å²) in [7, 11) is 0. The van der Waals surface area contributed by atoms with Gasteiger partial charge in [0.05, 0.1) is 0 Å². The third-order valence-electron chi connectivity index (χ3n) is 4.49. The molecule has 1 saturated heterocycles. The van der Waals surface area contributed by atoms with Gasteiger partial charge in [-0.2, -0.15) is 0 Å². The van der Waals surface area contributed by atoms with E-state index in [9.17, 15) is 0 Å². The van der Waals surface area contributed by atoms with Crippen LogP contribution in [0, 0.1) is 11.8 Å². The Morgan fingerprint density at radius 1 is 1.20 bits per heavy atom. The number of thiophene rings is 1. The average molecular weight is 295 g/mol. The van der Waals surface area contributed by atoms with Crippen molar-refractivity contribution in [3.63, 3.8) is 0 Å². The maximum Gasteiger partial charge on any atom is 0.0332 e. The number of aryl methyl sites for hydroxylation is 1. The highest BCUT2D eigenvalue weighted by molar-refractivity contribution is 7.11. The van der Waals surface area contributed by atoms with Crippen molar-refractivity contribution in [3.05, 3.63) is 21.9 Å². The van der Waals surface area contributed by atoms with Crippen molar-refractivity contribution in [2.75, 3.05) is 13.1 Å². The molecule has 2 rings (SSSR count). The predicted octanol–water partition coefficient (Wildman–Crippen LogP) is 3.76. The molecule has 1 aromatic heterocycles. The van der Waals surface area contributed by atoms with Crippen molar-refractivity contribution in [3.8, 4) is 0 Å². The fourth-order valence-electron chi connectivity index (χ4n) is 3.04.